The summed E-state index contributed by atoms with van der Waals surface area (Å²) in [6.07, 6.45) is 9.00. The maximum atomic E-state index is 2.35. The van der Waals surface area contributed by atoms with Crippen molar-refractivity contribution in [2.75, 3.05) is 19.5 Å². The van der Waals surface area contributed by atoms with Gasteiger partial charge in [0.2, 0.25) is 0 Å². The molecule has 2 nitrogen and oxygen atoms in total. The van der Waals surface area contributed by atoms with Crippen LogP contribution < -0.4 is 0 Å². The van der Waals surface area contributed by atoms with Crippen LogP contribution in [0.5, 0.6) is 0 Å². The van der Waals surface area contributed by atoms with E-state index in [4.69, 9.17) is 0 Å². The Morgan fingerprint density at radius 2 is 2.27 bits per heavy atom. The quantitative estimate of drug-likeness (QED) is 0.600. The van der Waals surface area contributed by atoms with Gasteiger partial charge in [0.1, 0.15) is 0 Å². The van der Waals surface area contributed by atoms with Crippen LogP contribution in [0.3, 0.4) is 0 Å². The molecular weight excluding hydrogens is 156 g/mol. The standard InChI is InChI=1S/C8H16N2S/c1-3-4-5-9-6-7-10(8-9)11-2/h6-7H,3-5,8H2,1-2H3. The molecule has 0 saturated heterocycles. The van der Waals surface area contributed by atoms with Crippen molar-refractivity contribution >= 4 is 11.9 Å². The fourth-order valence-electron chi connectivity index (χ4n) is 1.07. The maximum Gasteiger partial charge on any atom is 0.0999 e. The predicted octanol–water partition coefficient (Wildman–Crippen LogP) is 2.11. The van der Waals surface area contributed by atoms with Gasteiger partial charge in [0.15, 0.2) is 0 Å². The first-order valence-corrected chi connectivity index (χ1v) is 5.28. The molecule has 0 saturated carbocycles. The molecule has 0 spiro atoms. The molecule has 0 fully saturated rings. The lowest BCUT2D eigenvalue weighted by atomic mass is 10.3. The van der Waals surface area contributed by atoms with Gasteiger partial charge in [0.05, 0.1) is 6.67 Å². The number of rotatable bonds is 4. The van der Waals surface area contributed by atoms with Gasteiger partial charge in [-0.05, 0) is 6.42 Å². The van der Waals surface area contributed by atoms with Crippen molar-refractivity contribution in [3.8, 4) is 0 Å². The molecule has 0 bridgehead atoms. The van der Waals surface area contributed by atoms with Gasteiger partial charge >= 0.3 is 0 Å². The second-order valence-electron chi connectivity index (χ2n) is 2.71. The number of unbranched alkanes of at least 4 members (excludes halogenated alkanes) is 1. The van der Waals surface area contributed by atoms with E-state index in [2.05, 4.69) is 34.8 Å². The third-order valence-corrected chi connectivity index (χ3v) is 2.50. The fourth-order valence-corrected chi connectivity index (χ4v) is 1.51. The molecule has 0 N–H and O–H groups in total. The Bertz CT molecular complexity index is 136. The Hall–Kier alpha value is -0.310. The molecule has 1 aliphatic heterocycles. The second kappa shape index (κ2) is 4.54. The van der Waals surface area contributed by atoms with Crippen molar-refractivity contribution in [2.24, 2.45) is 0 Å². The van der Waals surface area contributed by atoms with E-state index in [9.17, 15) is 0 Å². The lowest BCUT2D eigenvalue weighted by Gasteiger charge is -2.18. The summed E-state index contributed by atoms with van der Waals surface area (Å²) >= 11 is 1.77. The molecule has 1 heterocycles. The summed E-state index contributed by atoms with van der Waals surface area (Å²) in [4.78, 5) is 2.35. The van der Waals surface area contributed by atoms with Crippen LogP contribution in [0.2, 0.25) is 0 Å². The van der Waals surface area contributed by atoms with E-state index in [0.717, 1.165) is 6.67 Å². The predicted molar refractivity (Wildman–Crippen MR) is 51.0 cm³/mol. The molecular formula is C8H16N2S. The third kappa shape index (κ3) is 2.66. The van der Waals surface area contributed by atoms with Crippen molar-refractivity contribution in [2.45, 2.75) is 19.8 Å². The van der Waals surface area contributed by atoms with Crippen LogP contribution in [0, 0.1) is 0 Å². The number of hydrogen-bond acceptors (Lipinski definition) is 3. The van der Waals surface area contributed by atoms with E-state index < -0.39 is 0 Å². The van der Waals surface area contributed by atoms with Gasteiger partial charge in [-0.25, -0.2) is 0 Å². The van der Waals surface area contributed by atoms with Gasteiger partial charge in [0.25, 0.3) is 0 Å². The van der Waals surface area contributed by atoms with Crippen LogP contribution >= 0.6 is 11.9 Å². The van der Waals surface area contributed by atoms with Crippen LogP contribution in [0.1, 0.15) is 19.8 Å². The Kier molecular flexibility index (Phi) is 3.63. The molecule has 0 unspecified atom stereocenters. The first kappa shape index (κ1) is 8.78. The molecule has 11 heavy (non-hydrogen) atoms. The van der Waals surface area contributed by atoms with E-state index in [1.165, 1.54) is 19.4 Å². The Labute approximate surface area is 73.4 Å². The second-order valence-corrected chi connectivity index (χ2v) is 3.54. The van der Waals surface area contributed by atoms with Gasteiger partial charge in [0, 0.05) is 25.2 Å². The highest BCUT2D eigenvalue weighted by Gasteiger charge is 2.09. The average molecular weight is 172 g/mol. The highest BCUT2D eigenvalue weighted by molar-refractivity contribution is 7.96. The SMILES string of the molecule is CCCCN1C=CN(SC)C1. The molecule has 0 radical (unpaired) electrons. The van der Waals surface area contributed by atoms with Crippen molar-refractivity contribution in [3.63, 3.8) is 0 Å². The van der Waals surface area contributed by atoms with Crippen LogP contribution in [-0.4, -0.2) is 28.7 Å². The van der Waals surface area contributed by atoms with Gasteiger partial charge in [-0.15, -0.1) is 0 Å². The zero-order chi connectivity index (χ0) is 8.10. The van der Waals surface area contributed by atoms with Crippen molar-refractivity contribution < 1.29 is 0 Å². The molecule has 3 heteroatoms. The summed E-state index contributed by atoms with van der Waals surface area (Å²) in [6, 6.07) is 0. The Morgan fingerprint density at radius 3 is 2.82 bits per heavy atom. The summed E-state index contributed by atoms with van der Waals surface area (Å²) in [5.41, 5.74) is 0. The first-order valence-electron chi connectivity index (χ1n) is 4.10. The van der Waals surface area contributed by atoms with Crippen molar-refractivity contribution in [1.29, 1.82) is 0 Å². The lowest BCUT2D eigenvalue weighted by molar-refractivity contribution is 0.341. The minimum absolute atomic E-state index is 1.06. The van der Waals surface area contributed by atoms with E-state index in [-0.39, 0.29) is 0 Å². The van der Waals surface area contributed by atoms with Crippen LogP contribution in [0.25, 0.3) is 0 Å². The molecule has 0 aliphatic carbocycles. The normalized spacial score (nSPS) is 16.5. The zero-order valence-electron chi connectivity index (χ0n) is 7.29. The molecule has 1 rings (SSSR count). The lowest BCUT2D eigenvalue weighted by Crippen LogP contribution is -2.21. The molecule has 0 atom stereocenters. The maximum absolute atomic E-state index is 2.35. The first-order chi connectivity index (χ1) is 5.36. The molecule has 0 amide bonds. The number of hydrogen-bond donors (Lipinski definition) is 0. The summed E-state index contributed by atoms with van der Waals surface area (Å²) in [6.45, 7) is 4.48. The van der Waals surface area contributed by atoms with Gasteiger partial charge in [-0.2, -0.15) is 0 Å². The molecule has 0 aromatic rings. The Morgan fingerprint density at radius 1 is 1.45 bits per heavy atom. The fraction of sp³-hybridized carbons (Fsp3) is 0.750. The van der Waals surface area contributed by atoms with Crippen LogP contribution in [-0.2, 0) is 0 Å². The van der Waals surface area contributed by atoms with Crippen LogP contribution in [0.4, 0.5) is 0 Å². The van der Waals surface area contributed by atoms with E-state index >= 15 is 0 Å². The smallest absolute Gasteiger partial charge is 0.0999 e. The third-order valence-electron chi connectivity index (χ3n) is 1.80. The molecule has 64 valence electrons. The Balaban J connectivity index is 2.15. The monoisotopic (exact) mass is 172 g/mol. The summed E-state index contributed by atoms with van der Waals surface area (Å²) in [5, 5.41) is 0. The van der Waals surface area contributed by atoms with E-state index in [1.807, 2.05) is 0 Å². The van der Waals surface area contributed by atoms with Crippen molar-refractivity contribution in [1.82, 2.24) is 9.21 Å². The molecule has 1 aliphatic rings. The minimum atomic E-state index is 1.06. The summed E-state index contributed by atoms with van der Waals surface area (Å²) in [7, 11) is 0. The van der Waals surface area contributed by atoms with Gasteiger partial charge < -0.3 is 9.21 Å². The van der Waals surface area contributed by atoms with E-state index in [0.29, 0.717) is 0 Å². The van der Waals surface area contributed by atoms with Gasteiger partial charge in [-0.3, -0.25) is 0 Å². The average Bonchev–Trinajstić information content (AvgIpc) is 2.48. The minimum Gasteiger partial charge on any atom is -0.358 e. The zero-order valence-corrected chi connectivity index (χ0v) is 8.10. The molecule has 0 aromatic carbocycles. The highest BCUT2D eigenvalue weighted by atomic mass is 32.2. The van der Waals surface area contributed by atoms with E-state index in [1.54, 1.807) is 11.9 Å². The molecule has 0 aromatic heterocycles. The van der Waals surface area contributed by atoms with Crippen LogP contribution in [0.15, 0.2) is 12.4 Å². The van der Waals surface area contributed by atoms with Gasteiger partial charge in [-0.1, -0.05) is 25.3 Å². The summed E-state index contributed by atoms with van der Waals surface area (Å²) < 4.78 is 2.23. The van der Waals surface area contributed by atoms with Crippen molar-refractivity contribution in [3.05, 3.63) is 12.4 Å². The topological polar surface area (TPSA) is 6.48 Å². The largest absolute Gasteiger partial charge is 0.358 e. The highest BCUT2D eigenvalue weighted by Crippen LogP contribution is 2.14. The number of nitrogens with zero attached hydrogens (tertiary/aromatic N) is 2. The summed E-state index contributed by atoms with van der Waals surface area (Å²) in [5.74, 6) is 0.